The fourth-order valence-electron chi connectivity index (χ4n) is 7.55. The monoisotopic (exact) mass is 602 g/mol. The quantitative estimate of drug-likeness (QED) is 0.255. The van der Waals surface area contributed by atoms with Gasteiger partial charge in [0.1, 0.15) is 23.4 Å². The van der Waals surface area contributed by atoms with Gasteiger partial charge in [-0.1, -0.05) is 121 Å². The van der Waals surface area contributed by atoms with Crippen molar-refractivity contribution in [1.82, 2.24) is 14.8 Å². The maximum Gasteiger partial charge on any atom is 0.229 e. The van der Waals surface area contributed by atoms with Crippen LogP contribution in [0.5, 0.6) is 0 Å². The minimum Gasteiger partial charge on any atom is -0.455 e. The van der Waals surface area contributed by atoms with Gasteiger partial charge < -0.3 is 14.9 Å². The van der Waals surface area contributed by atoms with Crippen LogP contribution in [-0.4, -0.2) is 76.0 Å². The highest BCUT2D eigenvalue weighted by Crippen LogP contribution is 2.42. The van der Waals surface area contributed by atoms with Crippen LogP contribution in [0.1, 0.15) is 47.9 Å². The Hall–Kier alpha value is -4.01. The topological polar surface area (TPSA) is 71.8 Å². The third-order valence-corrected chi connectivity index (χ3v) is 9.71. The lowest BCUT2D eigenvalue weighted by Crippen LogP contribution is -2.58. The largest absolute Gasteiger partial charge is 0.455 e. The molecule has 4 aromatic carbocycles. The van der Waals surface area contributed by atoms with E-state index in [0.29, 0.717) is 5.90 Å². The van der Waals surface area contributed by atoms with E-state index in [0.717, 1.165) is 74.1 Å². The predicted octanol–water partition coefficient (Wildman–Crippen LogP) is 5.35. The summed E-state index contributed by atoms with van der Waals surface area (Å²) in [6.07, 6.45) is 3.68. The minimum absolute atomic E-state index is 0.169. The Morgan fingerprint density at radius 1 is 0.533 bits per heavy atom. The summed E-state index contributed by atoms with van der Waals surface area (Å²) in [7, 11) is 0. The van der Waals surface area contributed by atoms with Gasteiger partial charge in [-0.3, -0.25) is 9.80 Å². The van der Waals surface area contributed by atoms with Crippen molar-refractivity contribution in [3.63, 3.8) is 0 Å². The number of likely N-dealkylation sites (tertiary alicyclic amines) is 2. The highest BCUT2D eigenvalue weighted by Gasteiger charge is 2.53. The van der Waals surface area contributed by atoms with Gasteiger partial charge in [0.25, 0.3) is 0 Å². The normalized spacial score (nSPS) is 19.3. The summed E-state index contributed by atoms with van der Waals surface area (Å²) < 4.78 is 6.57. The summed E-state index contributed by atoms with van der Waals surface area (Å²) >= 11 is 0. The second-order valence-electron chi connectivity index (χ2n) is 12.4. The van der Waals surface area contributed by atoms with Gasteiger partial charge in [-0.25, -0.2) is 5.01 Å². The summed E-state index contributed by atoms with van der Waals surface area (Å²) in [6, 6.07) is 39.0. The molecule has 45 heavy (non-hydrogen) atoms. The minimum atomic E-state index is -1.42. The first kappa shape index (κ1) is 29.7. The zero-order valence-corrected chi connectivity index (χ0v) is 25.7. The van der Waals surface area contributed by atoms with Crippen LogP contribution in [0.3, 0.4) is 0 Å². The van der Waals surface area contributed by atoms with E-state index in [1.54, 1.807) is 0 Å². The molecule has 2 atom stereocenters. The Bertz CT molecular complexity index is 1480. The van der Waals surface area contributed by atoms with E-state index in [9.17, 15) is 10.2 Å². The number of hydrogen-bond acceptors (Lipinski definition) is 7. The van der Waals surface area contributed by atoms with Crippen LogP contribution in [0.15, 0.2) is 126 Å². The summed E-state index contributed by atoms with van der Waals surface area (Å²) in [5.74, 6) is 0.472. The van der Waals surface area contributed by atoms with Crippen LogP contribution >= 0.6 is 0 Å². The molecule has 232 valence electrons. The molecule has 3 aliphatic rings. The molecule has 0 saturated carbocycles. The van der Waals surface area contributed by atoms with E-state index in [1.807, 2.05) is 126 Å². The molecular weight excluding hydrogens is 560 g/mol. The van der Waals surface area contributed by atoms with Crippen LogP contribution in [0, 0.1) is 0 Å². The summed E-state index contributed by atoms with van der Waals surface area (Å²) in [5.41, 5.74) is 0.377. The first-order valence-electron chi connectivity index (χ1n) is 16.2. The highest BCUT2D eigenvalue weighted by atomic mass is 16.5. The molecule has 4 aromatic rings. The molecule has 7 rings (SSSR count). The number of hydrazone groups is 1. The average Bonchev–Trinajstić information content (AvgIpc) is 3.92. The number of hydrogen-bond donors (Lipinski definition) is 2. The average molecular weight is 603 g/mol. The molecule has 0 aromatic heterocycles. The first-order valence-corrected chi connectivity index (χ1v) is 16.2. The Morgan fingerprint density at radius 2 is 0.911 bits per heavy atom. The number of ether oxygens (including phenoxy) is 1. The summed E-state index contributed by atoms with van der Waals surface area (Å²) in [5, 5.41) is 33.2. The number of rotatable bonds is 10. The van der Waals surface area contributed by atoms with E-state index in [1.165, 1.54) is 0 Å². The van der Waals surface area contributed by atoms with Gasteiger partial charge in [0, 0.05) is 13.1 Å². The third-order valence-electron chi connectivity index (χ3n) is 9.71. The number of nitrogens with zero attached hydrogens (tertiary/aromatic N) is 4. The molecule has 0 spiro atoms. The van der Waals surface area contributed by atoms with Crippen LogP contribution in [0.4, 0.5) is 0 Å². The SMILES string of the molecule is OC(c1ccccc1)(c1ccccc1)C(C1=NN(C(N2CCCC2)C(O)(c2ccccc2)c2ccccc2)CO1)N1CCCC1. The third kappa shape index (κ3) is 5.44. The van der Waals surface area contributed by atoms with Gasteiger partial charge in [-0.05, 0) is 61.0 Å². The Kier molecular flexibility index (Phi) is 8.43. The number of benzene rings is 4. The molecule has 0 radical (unpaired) electrons. The van der Waals surface area contributed by atoms with E-state index in [4.69, 9.17) is 9.84 Å². The van der Waals surface area contributed by atoms with Crippen LogP contribution < -0.4 is 0 Å². The number of aliphatic hydroxyl groups is 2. The predicted molar refractivity (Wildman–Crippen MR) is 176 cm³/mol. The lowest BCUT2D eigenvalue weighted by molar-refractivity contribution is -0.103. The highest BCUT2D eigenvalue weighted by molar-refractivity contribution is 5.85. The Morgan fingerprint density at radius 3 is 1.33 bits per heavy atom. The fourth-order valence-corrected chi connectivity index (χ4v) is 7.55. The fraction of sp³-hybridized carbons (Fsp3) is 0.342. The molecule has 7 nitrogen and oxygen atoms in total. The van der Waals surface area contributed by atoms with Crippen LogP contribution in [0.2, 0.25) is 0 Å². The van der Waals surface area contributed by atoms with Crippen molar-refractivity contribution in [2.24, 2.45) is 5.10 Å². The molecule has 2 unspecified atom stereocenters. The lowest BCUT2D eigenvalue weighted by atomic mass is 9.79. The van der Waals surface area contributed by atoms with Gasteiger partial charge in [-0.15, -0.1) is 5.10 Å². The van der Waals surface area contributed by atoms with Crippen LogP contribution in [0.25, 0.3) is 0 Å². The second kappa shape index (κ2) is 12.8. The maximum atomic E-state index is 13.0. The van der Waals surface area contributed by atoms with Crippen molar-refractivity contribution >= 4 is 5.90 Å². The molecule has 0 aliphatic carbocycles. The van der Waals surface area contributed by atoms with E-state index in [-0.39, 0.29) is 6.73 Å². The molecule has 2 fully saturated rings. The van der Waals surface area contributed by atoms with Crippen LogP contribution in [-0.2, 0) is 15.9 Å². The zero-order valence-electron chi connectivity index (χ0n) is 25.7. The van der Waals surface area contributed by atoms with Crippen molar-refractivity contribution in [3.05, 3.63) is 144 Å². The van der Waals surface area contributed by atoms with Gasteiger partial charge >= 0.3 is 0 Å². The van der Waals surface area contributed by atoms with Crippen molar-refractivity contribution in [2.45, 2.75) is 49.1 Å². The Balaban J connectivity index is 1.37. The van der Waals surface area contributed by atoms with Crippen molar-refractivity contribution in [1.29, 1.82) is 0 Å². The molecule has 2 N–H and O–H groups in total. The lowest BCUT2D eigenvalue weighted by Gasteiger charge is -2.45. The van der Waals surface area contributed by atoms with Gasteiger partial charge in [0.05, 0.1) is 0 Å². The molecule has 2 saturated heterocycles. The van der Waals surface area contributed by atoms with E-state index < -0.39 is 23.4 Å². The molecule has 3 heterocycles. The first-order chi connectivity index (χ1) is 22.1. The molecule has 7 heteroatoms. The van der Waals surface area contributed by atoms with Gasteiger partial charge in [0.2, 0.25) is 5.90 Å². The molecule has 0 bridgehead atoms. The second-order valence-corrected chi connectivity index (χ2v) is 12.4. The van der Waals surface area contributed by atoms with Gasteiger partial charge in [-0.2, -0.15) is 0 Å². The van der Waals surface area contributed by atoms with Crippen molar-refractivity contribution < 1.29 is 14.9 Å². The summed E-state index contributed by atoms with van der Waals surface area (Å²) in [6.45, 7) is 3.54. The van der Waals surface area contributed by atoms with Crippen molar-refractivity contribution in [3.8, 4) is 0 Å². The standard InChI is InChI=1S/C38H42N4O3/c43-37(30-17-5-1-6-18-30,31-19-7-2-8-20-31)34(40-25-13-14-26-40)35-39-42(29-45-35)36(41-27-15-16-28-41)38(44,32-21-9-3-10-22-32)33-23-11-4-12-24-33/h1-12,17-24,34,36,43-44H,13-16,25-29H2. The van der Waals surface area contributed by atoms with E-state index in [2.05, 4.69) is 9.80 Å². The summed E-state index contributed by atoms with van der Waals surface area (Å²) in [4.78, 5) is 4.65. The molecular formula is C38H42N4O3. The van der Waals surface area contributed by atoms with E-state index >= 15 is 0 Å². The smallest absolute Gasteiger partial charge is 0.229 e. The van der Waals surface area contributed by atoms with Gasteiger partial charge in [0.15, 0.2) is 6.73 Å². The molecule has 0 amide bonds. The maximum absolute atomic E-state index is 13.0. The molecule has 3 aliphatic heterocycles. The van der Waals surface area contributed by atoms with Crippen molar-refractivity contribution in [2.75, 3.05) is 32.9 Å². The zero-order chi connectivity index (χ0) is 30.7. The Labute approximate surface area is 266 Å².